The van der Waals surface area contributed by atoms with E-state index in [0.29, 0.717) is 5.89 Å². The van der Waals surface area contributed by atoms with E-state index < -0.39 is 6.10 Å². The van der Waals surface area contributed by atoms with E-state index in [1.807, 2.05) is 56.3 Å². The minimum Gasteiger partial charge on any atom is -0.464 e. The predicted molar refractivity (Wildman–Crippen MR) is 104 cm³/mol. The first kappa shape index (κ1) is 18.0. The molecule has 2 aromatic carbocycles. The number of nitrogens with zero attached hydrogens (tertiary/aromatic N) is 2. The van der Waals surface area contributed by atoms with Crippen LogP contribution in [0.1, 0.15) is 35.6 Å². The summed E-state index contributed by atoms with van der Waals surface area (Å²) in [5.74, 6) is 0.275. The number of fused-ring (bicyclic) bond motifs is 1. The van der Waals surface area contributed by atoms with E-state index in [2.05, 4.69) is 10.2 Å². The molecule has 1 unspecified atom stereocenters. The fourth-order valence-electron chi connectivity index (χ4n) is 2.98. The second-order valence-corrected chi connectivity index (χ2v) is 6.88. The molecule has 4 rings (SSSR count). The Bertz CT molecular complexity index is 1130. The van der Waals surface area contributed by atoms with Crippen LogP contribution in [-0.2, 0) is 16.0 Å². The second-order valence-electron chi connectivity index (χ2n) is 6.88. The van der Waals surface area contributed by atoms with Gasteiger partial charge in [-0.1, -0.05) is 29.8 Å². The average molecular weight is 376 g/mol. The lowest BCUT2D eigenvalue weighted by molar-refractivity contribution is -0.148. The Kier molecular flexibility index (Phi) is 4.69. The summed E-state index contributed by atoms with van der Waals surface area (Å²) < 4.78 is 16.7. The summed E-state index contributed by atoms with van der Waals surface area (Å²) in [6.07, 6.45) is 1.07. The maximum absolute atomic E-state index is 12.4. The molecule has 0 fully saturated rings. The van der Waals surface area contributed by atoms with Gasteiger partial charge < -0.3 is 13.6 Å². The minimum absolute atomic E-state index is 0.110. The molecular weight excluding hydrogens is 356 g/mol. The van der Waals surface area contributed by atoms with E-state index in [-0.39, 0.29) is 18.3 Å². The first-order chi connectivity index (χ1) is 13.5. The van der Waals surface area contributed by atoms with Gasteiger partial charge in [-0.25, -0.2) is 0 Å². The predicted octanol–water partition coefficient (Wildman–Crippen LogP) is 4.95. The molecule has 0 saturated carbocycles. The van der Waals surface area contributed by atoms with Crippen LogP contribution in [0.15, 0.2) is 57.6 Å². The summed E-state index contributed by atoms with van der Waals surface area (Å²) >= 11 is 0. The molecule has 2 aromatic heterocycles. The van der Waals surface area contributed by atoms with Crippen LogP contribution in [0.2, 0.25) is 0 Å². The normalized spacial score (nSPS) is 12.2. The van der Waals surface area contributed by atoms with Crippen molar-refractivity contribution in [3.63, 3.8) is 0 Å². The molecule has 0 spiro atoms. The molecule has 6 heteroatoms. The molecule has 142 valence electrons. The summed E-state index contributed by atoms with van der Waals surface area (Å²) in [5.41, 5.74) is 4.62. The minimum atomic E-state index is -0.639. The zero-order chi connectivity index (χ0) is 19.7. The van der Waals surface area contributed by atoms with Crippen molar-refractivity contribution in [2.45, 2.75) is 33.3 Å². The standard InChI is InChI=1S/C22H20N2O4/c1-13-4-7-16(8-5-13)22-24-23-21(28-22)15(3)27-20(25)11-17-12-26-19-10-14(2)6-9-18(17)19/h4-10,12,15H,11H2,1-3H3. The van der Waals surface area contributed by atoms with Gasteiger partial charge in [0.25, 0.3) is 5.89 Å². The Labute approximate surface area is 162 Å². The highest BCUT2D eigenvalue weighted by atomic mass is 16.6. The van der Waals surface area contributed by atoms with Gasteiger partial charge in [0.1, 0.15) is 5.58 Å². The SMILES string of the molecule is Cc1ccc(-c2nnc(C(C)OC(=O)Cc3coc4cc(C)ccc34)o2)cc1. The highest BCUT2D eigenvalue weighted by Crippen LogP contribution is 2.25. The van der Waals surface area contributed by atoms with Gasteiger partial charge in [0.2, 0.25) is 5.89 Å². The number of furan rings is 1. The topological polar surface area (TPSA) is 78.4 Å². The van der Waals surface area contributed by atoms with Gasteiger partial charge in [0.05, 0.1) is 12.7 Å². The Morgan fingerprint density at radius 1 is 1.07 bits per heavy atom. The van der Waals surface area contributed by atoms with Crippen LogP contribution in [0.4, 0.5) is 0 Å². The second kappa shape index (κ2) is 7.31. The molecule has 1 atom stereocenters. The van der Waals surface area contributed by atoms with Crippen molar-refractivity contribution >= 4 is 16.9 Å². The molecule has 0 aliphatic heterocycles. The Balaban J connectivity index is 1.43. The van der Waals surface area contributed by atoms with Crippen LogP contribution in [0, 0.1) is 13.8 Å². The number of hydrogen-bond acceptors (Lipinski definition) is 6. The number of esters is 1. The van der Waals surface area contributed by atoms with Gasteiger partial charge in [-0.2, -0.15) is 0 Å². The average Bonchev–Trinajstić information content (AvgIpc) is 3.30. The number of carbonyl (C=O) groups excluding carboxylic acids is 1. The number of carbonyl (C=O) groups is 1. The monoisotopic (exact) mass is 376 g/mol. The lowest BCUT2D eigenvalue weighted by atomic mass is 10.1. The lowest BCUT2D eigenvalue weighted by Crippen LogP contribution is -2.11. The molecule has 0 aliphatic rings. The smallest absolute Gasteiger partial charge is 0.311 e. The molecular formula is C22H20N2O4. The molecule has 4 aromatic rings. The third-order valence-electron chi connectivity index (χ3n) is 4.54. The van der Waals surface area contributed by atoms with Crippen molar-refractivity contribution < 1.29 is 18.4 Å². The van der Waals surface area contributed by atoms with E-state index in [9.17, 15) is 4.79 Å². The fraction of sp³-hybridized carbons (Fsp3) is 0.227. The Morgan fingerprint density at radius 3 is 2.61 bits per heavy atom. The van der Waals surface area contributed by atoms with Crippen LogP contribution in [0.3, 0.4) is 0 Å². The number of rotatable bonds is 5. The van der Waals surface area contributed by atoms with Gasteiger partial charge in [0, 0.05) is 16.5 Å². The first-order valence-electron chi connectivity index (χ1n) is 9.06. The highest BCUT2D eigenvalue weighted by Gasteiger charge is 2.20. The van der Waals surface area contributed by atoms with Crippen molar-refractivity contribution in [2.24, 2.45) is 0 Å². The number of aromatic nitrogens is 2. The van der Waals surface area contributed by atoms with E-state index in [1.54, 1.807) is 13.2 Å². The van der Waals surface area contributed by atoms with Crippen LogP contribution in [-0.4, -0.2) is 16.2 Å². The molecule has 0 amide bonds. The van der Waals surface area contributed by atoms with Crippen molar-refractivity contribution in [2.75, 3.05) is 0 Å². The molecule has 0 aliphatic carbocycles. The van der Waals surface area contributed by atoms with E-state index >= 15 is 0 Å². The third-order valence-corrected chi connectivity index (χ3v) is 4.54. The summed E-state index contributed by atoms with van der Waals surface area (Å²) in [6.45, 7) is 5.71. The largest absolute Gasteiger partial charge is 0.464 e. The van der Waals surface area contributed by atoms with Crippen LogP contribution in [0.5, 0.6) is 0 Å². The number of ether oxygens (including phenoxy) is 1. The van der Waals surface area contributed by atoms with Crippen molar-refractivity contribution in [1.82, 2.24) is 10.2 Å². The quantitative estimate of drug-likeness (QED) is 0.459. The van der Waals surface area contributed by atoms with E-state index in [1.165, 1.54) is 0 Å². The van der Waals surface area contributed by atoms with Gasteiger partial charge in [-0.15, -0.1) is 10.2 Å². The van der Waals surface area contributed by atoms with Gasteiger partial charge >= 0.3 is 5.97 Å². The Morgan fingerprint density at radius 2 is 1.82 bits per heavy atom. The first-order valence-corrected chi connectivity index (χ1v) is 9.06. The number of aryl methyl sites for hydroxylation is 2. The molecule has 0 radical (unpaired) electrons. The maximum atomic E-state index is 12.4. The third kappa shape index (κ3) is 3.67. The molecule has 2 heterocycles. The summed E-state index contributed by atoms with van der Waals surface area (Å²) in [5, 5.41) is 8.97. The van der Waals surface area contributed by atoms with Crippen LogP contribution < -0.4 is 0 Å². The van der Waals surface area contributed by atoms with Crippen molar-refractivity contribution in [3.8, 4) is 11.5 Å². The lowest BCUT2D eigenvalue weighted by Gasteiger charge is -2.08. The highest BCUT2D eigenvalue weighted by molar-refractivity contribution is 5.86. The summed E-state index contributed by atoms with van der Waals surface area (Å²) in [4.78, 5) is 12.4. The molecule has 0 saturated heterocycles. The van der Waals surface area contributed by atoms with Crippen LogP contribution in [0.25, 0.3) is 22.4 Å². The fourth-order valence-corrected chi connectivity index (χ4v) is 2.98. The van der Waals surface area contributed by atoms with Gasteiger partial charge in [-0.05, 0) is 44.5 Å². The molecule has 6 nitrogen and oxygen atoms in total. The number of hydrogen-bond donors (Lipinski definition) is 0. The summed E-state index contributed by atoms with van der Waals surface area (Å²) in [6, 6.07) is 13.6. The van der Waals surface area contributed by atoms with E-state index in [4.69, 9.17) is 13.6 Å². The zero-order valence-corrected chi connectivity index (χ0v) is 15.9. The van der Waals surface area contributed by atoms with Crippen LogP contribution >= 0.6 is 0 Å². The maximum Gasteiger partial charge on any atom is 0.311 e. The number of benzene rings is 2. The van der Waals surface area contributed by atoms with Crippen molar-refractivity contribution in [3.05, 3.63) is 71.3 Å². The molecule has 28 heavy (non-hydrogen) atoms. The van der Waals surface area contributed by atoms with Crippen molar-refractivity contribution in [1.29, 1.82) is 0 Å². The van der Waals surface area contributed by atoms with Gasteiger partial charge in [-0.3, -0.25) is 4.79 Å². The van der Waals surface area contributed by atoms with Gasteiger partial charge in [0.15, 0.2) is 6.10 Å². The molecule has 0 bridgehead atoms. The molecule has 0 N–H and O–H groups in total. The Hall–Kier alpha value is -3.41. The van der Waals surface area contributed by atoms with E-state index in [0.717, 1.165) is 33.2 Å². The summed E-state index contributed by atoms with van der Waals surface area (Å²) in [7, 11) is 0. The zero-order valence-electron chi connectivity index (χ0n) is 15.9.